The van der Waals surface area contributed by atoms with Crippen molar-refractivity contribution in [2.45, 2.75) is 172 Å². The predicted molar refractivity (Wildman–Crippen MR) is 472 cm³/mol. The number of hydrogen-bond donors (Lipinski definition) is 19. The van der Waals surface area contributed by atoms with Gasteiger partial charge in [0.15, 0.2) is 11.9 Å². The van der Waals surface area contributed by atoms with Gasteiger partial charge in [-0.05, 0) is 118 Å². The molecule has 5 aromatic carbocycles. The molecule has 672 valence electrons. The Labute approximate surface area is 729 Å². The second-order valence-electron chi connectivity index (χ2n) is 31.0. The first kappa shape index (κ1) is 94.6. The third kappa shape index (κ3) is 26.7. The summed E-state index contributed by atoms with van der Waals surface area (Å²) in [6.07, 6.45) is 4.55. The molecule has 0 bridgehead atoms. The second-order valence-corrected chi connectivity index (χ2v) is 31.4. The van der Waals surface area contributed by atoms with E-state index in [4.69, 9.17) is 44.6 Å². The number of hydrogen-bond acceptors (Lipinski definition) is 20. The highest BCUT2D eigenvalue weighted by Crippen LogP contribution is 2.29. The van der Waals surface area contributed by atoms with Gasteiger partial charge in [-0.3, -0.25) is 96.6 Å². The van der Waals surface area contributed by atoms with Crippen LogP contribution in [0.4, 0.5) is 0 Å². The van der Waals surface area contributed by atoms with Gasteiger partial charge in [-0.15, -0.1) is 0 Å². The molecule has 10 rings (SSSR count). The number of pyridine rings is 1. The Morgan fingerprint density at radius 3 is 1.54 bits per heavy atom. The van der Waals surface area contributed by atoms with Gasteiger partial charge in [0, 0.05) is 73.6 Å². The fourth-order valence-corrected chi connectivity index (χ4v) is 15.3. The number of nitrogens with two attached hydrogens (primary N) is 3. The zero-order valence-corrected chi connectivity index (χ0v) is 70.5. The van der Waals surface area contributed by atoms with Crippen molar-refractivity contribution in [1.29, 1.82) is 10.8 Å². The third-order valence-electron chi connectivity index (χ3n) is 21.5. The monoisotopic (exact) mass is 1770 g/mol. The maximum atomic E-state index is 15.7. The molecule has 7 atom stereocenters. The molecular weight excluding hydrogens is 1660 g/mol. The number of H-pyrrole nitrogens is 3. The molecule has 1 saturated carbocycles. The van der Waals surface area contributed by atoms with Crippen LogP contribution < -0.4 is 109 Å². The molecule has 9 aromatic rings. The largest absolute Gasteiger partial charge is 0.370 e. The maximum absolute atomic E-state index is 15.7. The van der Waals surface area contributed by atoms with E-state index in [1.54, 1.807) is 18.2 Å². The summed E-state index contributed by atoms with van der Waals surface area (Å²) in [5, 5.41) is 45.5. The minimum absolute atomic E-state index is 0.0283. The van der Waals surface area contributed by atoms with Crippen LogP contribution in [0.3, 0.4) is 0 Å². The number of nitrogens with one attached hydrogen (secondary N) is 16. The van der Waals surface area contributed by atoms with E-state index >= 15 is 24.0 Å². The number of fused-ring (bicyclic) bond motifs is 4. The molecule has 0 unspecified atom stereocenters. The van der Waals surface area contributed by atoms with Gasteiger partial charge in [-0.25, -0.2) is 19.4 Å². The number of para-hydroxylation sites is 4. The lowest BCUT2D eigenvalue weighted by Gasteiger charge is -2.31. The molecule has 127 heavy (non-hydrogen) atoms. The Morgan fingerprint density at radius 2 is 1.00 bits per heavy atom. The van der Waals surface area contributed by atoms with Crippen LogP contribution in [0.15, 0.2) is 156 Å². The van der Waals surface area contributed by atoms with Crippen molar-refractivity contribution in [3.8, 4) is 0 Å². The number of unbranched alkanes of at least 4 members (excludes halogenated alkanes) is 1. The number of carbonyl (C=O) groups is 11. The molecule has 4 heterocycles. The quantitative estimate of drug-likeness (QED) is 0.00957. The van der Waals surface area contributed by atoms with Gasteiger partial charge in [-0.2, -0.15) is 0 Å². The van der Waals surface area contributed by atoms with Gasteiger partial charge in [-0.1, -0.05) is 117 Å². The Bertz CT molecular complexity index is 5960. The van der Waals surface area contributed by atoms with Crippen LogP contribution in [0.5, 0.6) is 0 Å². The van der Waals surface area contributed by atoms with Crippen LogP contribution >= 0.6 is 11.6 Å². The fraction of sp³-hybridized carbons (Fsp3) is 0.388. The molecule has 1 aliphatic carbocycles. The zero-order valence-electron chi connectivity index (χ0n) is 69.8. The summed E-state index contributed by atoms with van der Waals surface area (Å²) in [5.41, 5.74) is 12.8. The van der Waals surface area contributed by atoms with Gasteiger partial charge in [0.2, 0.25) is 59.1 Å². The van der Waals surface area contributed by atoms with E-state index in [0.717, 1.165) is 22.1 Å². The number of nitrogens with zero attached hydrogens (tertiary/aromatic N) is 5. The second kappa shape index (κ2) is 45.1. The van der Waals surface area contributed by atoms with Crippen molar-refractivity contribution < 1.29 is 52.7 Å². The SMILES string of the molecule is CC(=O)N[C@@H](CCCCNC(=O)c1c2ccccc2nc2ccccc12)C(=O)NCCC(=O)N[C@@H](CCCNC(=N)N)C(=O)N(CC(=O)N[C@@H](CC1CCCCC1)C(=O)N[C@H](Cn1c(=O)[nH]c2ccccc2c1=O)C(=O)N[C@H](Cn1c(=O)[nH]c2ccccc2c1=O)C(=O)N[C@H](Cn1cc(C)c(=O)[nH]c1=O)C(=O)N[C@@H](CCCNC(=N)N)C(N)=O)Cc1cccc(Cl)c1. The van der Waals surface area contributed by atoms with E-state index in [2.05, 4.69) is 73.4 Å². The van der Waals surface area contributed by atoms with Crippen molar-refractivity contribution >= 4 is 132 Å². The summed E-state index contributed by atoms with van der Waals surface area (Å²) in [7, 11) is 0. The van der Waals surface area contributed by atoms with Crippen molar-refractivity contribution in [2.75, 3.05) is 32.7 Å². The third-order valence-corrected chi connectivity index (χ3v) is 21.7. The Balaban J connectivity index is 0.915. The van der Waals surface area contributed by atoms with Crippen molar-refractivity contribution in [2.24, 2.45) is 23.1 Å². The topological polar surface area (TPSA) is 627 Å². The lowest BCUT2D eigenvalue weighted by Crippen LogP contribution is -2.62. The molecule has 1 aliphatic rings. The van der Waals surface area contributed by atoms with Gasteiger partial charge in [0.25, 0.3) is 22.6 Å². The number of primary amides is 1. The average Bonchev–Trinajstić information content (AvgIpc) is 0.780. The van der Waals surface area contributed by atoms with E-state index in [-0.39, 0.29) is 115 Å². The molecule has 0 radical (unpaired) electrons. The van der Waals surface area contributed by atoms with Crippen LogP contribution in [-0.4, -0.2) is 190 Å². The number of rotatable bonds is 43. The number of benzene rings is 5. The van der Waals surface area contributed by atoms with E-state index < -0.39 is 180 Å². The summed E-state index contributed by atoms with van der Waals surface area (Å²) in [6, 6.07) is 20.3. The van der Waals surface area contributed by atoms with E-state index in [1.807, 2.05) is 48.5 Å². The number of guanidine groups is 2. The van der Waals surface area contributed by atoms with Crippen LogP contribution in [0.2, 0.25) is 5.02 Å². The summed E-state index contributed by atoms with van der Waals surface area (Å²) >= 11 is 6.50. The molecule has 0 aliphatic heterocycles. The van der Waals surface area contributed by atoms with Crippen LogP contribution in [0, 0.1) is 23.7 Å². The molecule has 42 heteroatoms. The molecular formula is C85H103ClN24O17. The van der Waals surface area contributed by atoms with E-state index in [1.165, 1.54) is 68.4 Å². The lowest BCUT2D eigenvalue weighted by atomic mass is 9.84. The van der Waals surface area contributed by atoms with Crippen LogP contribution in [0.1, 0.15) is 118 Å². The molecule has 11 amide bonds. The molecule has 0 saturated heterocycles. The van der Waals surface area contributed by atoms with Gasteiger partial charge >= 0.3 is 17.1 Å². The number of halogens is 1. The minimum Gasteiger partial charge on any atom is -0.370 e. The van der Waals surface area contributed by atoms with E-state index in [0.29, 0.717) is 80.6 Å². The number of aromatic nitrogens is 7. The number of carbonyl (C=O) groups excluding carboxylic acids is 11. The maximum Gasteiger partial charge on any atom is 0.328 e. The van der Waals surface area contributed by atoms with Crippen molar-refractivity contribution in [3.05, 3.63) is 212 Å². The number of amides is 11. The average molecular weight is 1770 g/mol. The van der Waals surface area contributed by atoms with Gasteiger partial charge < -0.3 is 90.6 Å². The highest BCUT2D eigenvalue weighted by Gasteiger charge is 2.37. The smallest absolute Gasteiger partial charge is 0.328 e. The first-order valence-electron chi connectivity index (χ1n) is 41.4. The van der Waals surface area contributed by atoms with Gasteiger partial charge in [0.05, 0.1) is 64.6 Å². The van der Waals surface area contributed by atoms with Crippen LogP contribution in [-0.2, 0) is 74.1 Å². The standard InChI is InChI=1S/C85H103ClN24O17/c1-47-41-108(83(125)106-71(47)115)43-64(74(118)100-60(70(87)114)32-17-36-94-81(88)89)101-75(119)66(45-110-79(123)55-26-9-13-30-59(55)105-85(110)127)103-76(120)65(44-109-78(122)54-25-8-12-29-58(54)104-84(109)126)102-73(117)63(40-49-19-4-3-5-20-49)99-68(113)46-107(42-50-21-16-22-51(86)39-50)80(124)62(33-18-37-95-82(90)91)98-67(112)34-38-93-72(116)61(96-48(2)111)31-14-15-35-92-77(121)69-52-23-6-10-27-56(52)97-57-28-11-7-24-53(57)69/h6-13,16,21-30,39,41,49,60-66H,3-5,14-15,17-20,31-38,40,42-46H2,1-2H3,(H2,87,114)(H,92,121)(H,93,116)(H,96,111)(H,98,112)(H,99,113)(H,100,118)(H,101,119)(H,102,117)(H,103,120)(H,104,126)(H,105,127)(H4,88,89,94)(H4,90,91,95)(H,106,115,125)/t60-,61-,62-,63-,64+,65+,66+/m0/s1. The predicted octanol–water partition coefficient (Wildman–Crippen LogP) is -0.862. The van der Waals surface area contributed by atoms with Crippen molar-refractivity contribution in [1.82, 2.24) is 97.0 Å². The number of aryl methyl sites for hydroxylation is 1. The summed E-state index contributed by atoms with van der Waals surface area (Å²) in [5.74, 6) is -11.4. The van der Waals surface area contributed by atoms with Gasteiger partial charge in [0.1, 0.15) is 42.3 Å². The molecule has 1 fully saturated rings. The summed E-state index contributed by atoms with van der Waals surface area (Å²) < 4.78 is 1.92. The van der Waals surface area contributed by atoms with Crippen LogP contribution in [0.25, 0.3) is 43.6 Å². The fourth-order valence-electron chi connectivity index (χ4n) is 15.1. The first-order valence-corrected chi connectivity index (χ1v) is 41.8. The van der Waals surface area contributed by atoms with E-state index in [9.17, 15) is 57.5 Å². The minimum atomic E-state index is -2.23. The Kier molecular flexibility index (Phi) is 33.6. The molecule has 22 N–H and O–H groups in total. The highest BCUT2D eigenvalue weighted by atomic mass is 35.5. The normalized spacial score (nSPS) is 13.7. The first-order chi connectivity index (χ1) is 60.8. The molecule has 0 spiro atoms. The molecule has 4 aromatic heterocycles. The Morgan fingerprint density at radius 1 is 0.504 bits per heavy atom. The summed E-state index contributed by atoms with van der Waals surface area (Å²) in [4.78, 5) is 255. The highest BCUT2D eigenvalue weighted by molar-refractivity contribution is 6.30. The Hall–Kier alpha value is -14.7. The lowest BCUT2D eigenvalue weighted by molar-refractivity contribution is -0.141. The number of aromatic amines is 3. The zero-order chi connectivity index (χ0) is 91.5. The summed E-state index contributed by atoms with van der Waals surface area (Å²) in [6.45, 7) is -1.66. The molecule has 41 nitrogen and oxygen atoms in total. The van der Waals surface area contributed by atoms with Crippen molar-refractivity contribution in [3.63, 3.8) is 0 Å².